The molecule has 3 aliphatic carbocycles. The molecule has 0 saturated heterocycles. The molecule has 0 heterocycles. The van der Waals surface area contributed by atoms with Crippen molar-refractivity contribution in [2.75, 3.05) is 13.4 Å². The molecule has 0 aliphatic heterocycles. The molecule has 4 atom stereocenters. The van der Waals surface area contributed by atoms with E-state index in [1.165, 1.54) is 32.1 Å². The third-order valence-corrected chi connectivity index (χ3v) is 5.99. The minimum Gasteiger partial charge on any atom is -0.462 e. The molecular weight excluding hydrogens is 308 g/mol. The van der Waals surface area contributed by atoms with E-state index in [1.54, 1.807) is 6.92 Å². The van der Waals surface area contributed by atoms with Crippen molar-refractivity contribution in [1.29, 1.82) is 0 Å². The summed E-state index contributed by atoms with van der Waals surface area (Å²) in [7, 11) is 0. The van der Waals surface area contributed by atoms with Crippen molar-refractivity contribution in [3.05, 3.63) is 0 Å². The molecule has 5 heteroatoms. The first-order valence-corrected chi connectivity index (χ1v) is 9.61. The van der Waals surface area contributed by atoms with Gasteiger partial charge >= 0.3 is 11.9 Å². The molecule has 2 bridgehead atoms. The monoisotopic (exact) mass is 338 g/mol. The fourth-order valence-corrected chi connectivity index (χ4v) is 4.72. The maximum atomic E-state index is 12.3. The van der Waals surface area contributed by atoms with Gasteiger partial charge in [-0.2, -0.15) is 0 Å². The second kappa shape index (κ2) is 8.32. The molecule has 4 unspecified atom stereocenters. The molecule has 136 valence electrons. The van der Waals surface area contributed by atoms with Gasteiger partial charge in [0.1, 0.15) is 6.10 Å². The molecule has 0 N–H and O–H groups in total. The van der Waals surface area contributed by atoms with Gasteiger partial charge in [-0.25, -0.2) is 0 Å². The Hall–Kier alpha value is -1.10. The van der Waals surface area contributed by atoms with Gasteiger partial charge in [0.25, 0.3) is 0 Å². The van der Waals surface area contributed by atoms with E-state index in [4.69, 9.17) is 14.2 Å². The van der Waals surface area contributed by atoms with Crippen LogP contribution in [0.2, 0.25) is 0 Å². The molecule has 0 aromatic heterocycles. The summed E-state index contributed by atoms with van der Waals surface area (Å²) in [5.41, 5.74) is 0. The quantitative estimate of drug-likeness (QED) is 0.404. The first kappa shape index (κ1) is 17.7. The lowest BCUT2D eigenvalue weighted by molar-refractivity contribution is -0.169. The molecule has 5 nitrogen and oxygen atoms in total. The fraction of sp³-hybridized carbons (Fsp3) is 0.895. The van der Waals surface area contributed by atoms with Crippen LogP contribution in [0.25, 0.3) is 0 Å². The van der Waals surface area contributed by atoms with Gasteiger partial charge in [-0.15, -0.1) is 0 Å². The Morgan fingerprint density at radius 3 is 2.54 bits per heavy atom. The summed E-state index contributed by atoms with van der Waals surface area (Å²) in [6.07, 6.45) is 9.40. The van der Waals surface area contributed by atoms with Crippen LogP contribution >= 0.6 is 0 Å². The lowest BCUT2D eigenvalue weighted by Crippen LogP contribution is -2.34. The van der Waals surface area contributed by atoms with Crippen molar-refractivity contribution >= 4 is 11.9 Å². The Bertz CT molecular complexity index is 443. The van der Waals surface area contributed by atoms with E-state index in [0.717, 1.165) is 19.3 Å². The van der Waals surface area contributed by atoms with Gasteiger partial charge in [-0.1, -0.05) is 26.2 Å². The van der Waals surface area contributed by atoms with Crippen molar-refractivity contribution in [2.45, 2.75) is 70.8 Å². The highest BCUT2D eigenvalue weighted by atomic mass is 16.7. The van der Waals surface area contributed by atoms with E-state index in [0.29, 0.717) is 24.9 Å². The van der Waals surface area contributed by atoms with E-state index in [1.807, 2.05) is 0 Å². The normalized spacial score (nSPS) is 32.7. The summed E-state index contributed by atoms with van der Waals surface area (Å²) in [5, 5.41) is 0. The first-order chi connectivity index (χ1) is 11.7. The maximum Gasteiger partial charge on any atom is 0.311 e. The van der Waals surface area contributed by atoms with Gasteiger partial charge in [0, 0.05) is 12.3 Å². The second-order valence-corrected chi connectivity index (χ2v) is 7.68. The van der Waals surface area contributed by atoms with Gasteiger partial charge in [-0.3, -0.25) is 9.59 Å². The van der Waals surface area contributed by atoms with Crippen molar-refractivity contribution < 1.29 is 23.8 Å². The van der Waals surface area contributed by atoms with Crippen LogP contribution < -0.4 is 0 Å². The Labute approximate surface area is 144 Å². The van der Waals surface area contributed by atoms with Crippen LogP contribution in [0.4, 0.5) is 0 Å². The van der Waals surface area contributed by atoms with E-state index in [-0.39, 0.29) is 36.7 Å². The number of carbonyl (C=O) groups excluding carboxylic acids is 2. The van der Waals surface area contributed by atoms with Crippen molar-refractivity contribution in [3.8, 4) is 0 Å². The molecule has 3 rings (SSSR count). The zero-order chi connectivity index (χ0) is 16.9. The summed E-state index contributed by atoms with van der Waals surface area (Å²) in [6, 6.07) is 0. The fourth-order valence-electron chi connectivity index (χ4n) is 4.72. The predicted octanol–water partition coefficient (Wildman–Crippen LogP) is 3.45. The van der Waals surface area contributed by atoms with Crippen molar-refractivity contribution in [1.82, 2.24) is 0 Å². The zero-order valence-corrected chi connectivity index (χ0v) is 14.7. The summed E-state index contributed by atoms with van der Waals surface area (Å²) in [6.45, 7) is 2.55. The number of hydrogen-bond donors (Lipinski definition) is 0. The number of fused-ring (bicyclic) bond motifs is 2. The highest BCUT2D eigenvalue weighted by Gasteiger charge is 2.51. The van der Waals surface area contributed by atoms with Crippen molar-refractivity contribution in [2.24, 2.45) is 23.7 Å². The second-order valence-electron chi connectivity index (χ2n) is 7.68. The van der Waals surface area contributed by atoms with Crippen LogP contribution in [-0.2, 0) is 23.8 Å². The number of rotatable bonds is 7. The lowest BCUT2D eigenvalue weighted by Gasteiger charge is -2.28. The van der Waals surface area contributed by atoms with E-state index in [2.05, 4.69) is 0 Å². The topological polar surface area (TPSA) is 61.8 Å². The van der Waals surface area contributed by atoms with Crippen LogP contribution in [0.3, 0.4) is 0 Å². The van der Waals surface area contributed by atoms with Crippen LogP contribution in [0.5, 0.6) is 0 Å². The van der Waals surface area contributed by atoms with E-state index < -0.39 is 0 Å². The Morgan fingerprint density at radius 2 is 1.83 bits per heavy atom. The van der Waals surface area contributed by atoms with Crippen LogP contribution in [0.1, 0.15) is 64.7 Å². The standard InChI is InChI=1S/C19H30O5/c1-2-18(20)24-17-10-14-8-15(17)16(9-14)19(21)23-12-22-11-13-6-4-3-5-7-13/h13-17H,2-12H2,1H3. The van der Waals surface area contributed by atoms with Crippen LogP contribution in [-0.4, -0.2) is 31.4 Å². The maximum absolute atomic E-state index is 12.3. The van der Waals surface area contributed by atoms with Gasteiger partial charge in [0.2, 0.25) is 0 Å². The number of carbonyl (C=O) groups is 2. The third-order valence-electron chi connectivity index (χ3n) is 5.99. The SMILES string of the molecule is CCC(=O)OC1CC2CC(C(=O)OCOCC3CCCCC3)C1C2. The van der Waals surface area contributed by atoms with E-state index in [9.17, 15) is 9.59 Å². The summed E-state index contributed by atoms with van der Waals surface area (Å²) < 4.78 is 16.4. The molecule has 3 saturated carbocycles. The summed E-state index contributed by atoms with van der Waals surface area (Å²) in [5.74, 6) is 0.773. The average molecular weight is 338 g/mol. The van der Waals surface area contributed by atoms with Crippen LogP contribution in [0, 0.1) is 23.7 Å². The summed E-state index contributed by atoms with van der Waals surface area (Å²) >= 11 is 0. The predicted molar refractivity (Wildman–Crippen MR) is 88.0 cm³/mol. The number of esters is 2. The van der Waals surface area contributed by atoms with Gasteiger partial charge < -0.3 is 14.2 Å². The average Bonchev–Trinajstić information content (AvgIpc) is 3.19. The molecule has 0 amide bonds. The van der Waals surface area contributed by atoms with Gasteiger partial charge in [0.15, 0.2) is 6.79 Å². The Morgan fingerprint density at radius 1 is 1.04 bits per heavy atom. The third kappa shape index (κ3) is 4.29. The minimum atomic E-state index is -0.177. The minimum absolute atomic E-state index is 0.0582. The largest absolute Gasteiger partial charge is 0.462 e. The van der Waals surface area contributed by atoms with Gasteiger partial charge in [-0.05, 0) is 43.9 Å². The summed E-state index contributed by atoms with van der Waals surface area (Å²) in [4.78, 5) is 23.9. The lowest BCUT2D eigenvalue weighted by atomic mass is 9.86. The molecule has 24 heavy (non-hydrogen) atoms. The Balaban J connectivity index is 1.38. The highest BCUT2D eigenvalue weighted by molar-refractivity contribution is 5.74. The Kier molecular flexibility index (Phi) is 6.14. The molecule has 0 aromatic carbocycles. The molecule has 3 aliphatic rings. The van der Waals surface area contributed by atoms with Gasteiger partial charge in [0.05, 0.1) is 12.5 Å². The zero-order valence-electron chi connectivity index (χ0n) is 14.7. The number of ether oxygens (including phenoxy) is 3. The molecule has 0 aromatic rings. The smallest absolute Gasteiger partial charge is 0.311 e. The van der Waals surface area contributed by atoms with E-state index >= 15 is 0 Å². The highest BCUT2D eigenvalue weighted by Crippen LogP contribution is 2.50. The van der Waals surface area contributed by atoms with Crippen LogP contribution in [0.15, 0.2) is 0 Å². The first-order valence-electron chi connectivity index (χ1n) is 9.61. The molecule has 3 fully saturated rings. The molecular formula is C19H30O5. The molecule has 0 spiro atoms. The molecule has 0 radical (unpaired) electrons. The van der Waals surface area contributed by atoms with Crippen molar-refractivity contribution in [3.63, 3.8) is 0 Å². The number of hydrogen-bond acceptors (Lipinski definition) is 5.